The Hall–Kier alpha value is -1.26. The molecular weight excluding hydrogens is 252 g/mol. The largest absolute Gasteiger partial charge is 0.391 e. The van der Waals surface area contributed by atoms with E-state index < -0.39 is 6.10 Å². The van der Waals surface area contributed by atoms with Crippen LogP contribution in [-0.4, -0.2) is 23.8 Å². The van der Waals surface area contributed by atoms with E-state index in [4.69, 9.17) is 11.6 Å². The summed E-state index contributed by atoms with van der Waals surface area (Å²) < 4.78 is 0. The van der Waals surface area contributed by atoms with E-state index in [9.17, 15) is 9.90 Å². The number of carbonyl (C=O) groups is 1. The van der Waals surface area contributed by atoms with Crippen LogP contribution in [0.1, 0.15) is 25.3 Å². The third kappa shape index (κ3) is 5.89. The lowest BCUT2D eigenvalue weighted by Gasteiger charge is -2.11. The van der Waals surface area contributed by atoms with E-state index in [1.54, 1.807) is 12.1 Å². The molecule has 0 aliphatic heterocycles. The molecule has 0 bridgehead atoms. The van der Waals surface area contributed by atoms with Gasteiger partial charge in [-0.1, -0.05) is 37.1 Å². The average Bonchev–Trinajstić information content (AvgIpc) is 2.34. The second-order valence-electron chi connectivity index (χ2n) is 4.14. The highest BCUT2D eigenvalue weighted by Crippen LogP contribution is 2.10. The van der Waals surface area contributed by atoms with Gasteiger partial charge in [0.25, 0.3) is 0 Å². The third-order valence-electron chi connectivity index (χ3n) is 2.46. The molecule has 18 heavy (non-hydrogen) atoms. The van der Waals surface area contributed by atoms with Crippen LogP contribution in [0, 0.1) is 0 Å². The highest BCUT2D eigenvalue weighted by Gasteiger charge is 2.05. The van der Waals surface area contributed by atoms with Crippen molar-refractivity contribution in [1.29, 1.82) is 0 Å². The van der Waals surface area contributed by atoms with Gasteiger partial charge in [-0.05, 0) is 24.1 Å². The smallest absolute Gasteiger partial charge is 0.315 e. The fourth-order valence-corrected chi connectivity index (χ4v) is 1.75. The van der Waals surface area contributed by atoms with Crippen molar-refractivity contribution in [2.45, 2.75) is 32.4 Å². The summed E-state index contributed by atoms with van der Waals surface area (Å²) in [6, 6.07) is 7.02. The highest BCUT2D eigenvalue weighted by atomic mass is 35.5. The fourth-order valence-electron chi connectivity index (χ4n) is 1.54. The molecule has 2 amide bonds. The van der Waals surface area contributed by atoms with Gasteiger partial charge < -0.3 is 15.7 Å². The van der Waals surface area contributed by atoms with Gasteiger partial charge in [-0.2, -0.15) is 0 Å². The summed E-state index contributed by atoms with van der Waals surface area (Å²) in [7, 11) is 0. The van der Waals surface area contributed by atoms with Crippen molar-refractivity contribution in [3.63, 3.8) is 0 Å². The van der Waals surface area contributed by atoms with E-state index in [0.29, 0.717) is 18.0 Å². The summed E-state index contributed by atoms with van der Waals surface area (Å²) in [5, 5.41) is 15.4. The van der Waals surface area contributed by atoms with Crippen molar-refractivity contribution >= 4 is 17.6 Å². The van der Waals surface area contributed by atoms with E-state index in [1.165, 1.54) is 0 Å². The Kier molecular flexibility index (Phi) is 6.54. The van der Waals surface area contributed by atoms with Crippen molar-refractivity contribution in [2.24, 2.45) is 0 Å². The van der Waals surface area contributed by atoms with Gasteiger partial charge in [0.15, 0.2) is 0 Å². The Morgan fingerprint density at radius 1 is 1.44 bits per heavy atom. The topological polar surface area (TPSA) is 61.4 Å². The van der Waals surface area contributed by atoms with Gasteiger partial charge in [-0.3, -0.25) is 0 Å². The quantitative estimate of drug-likeness (QED) is 0.743. The van der Waals surface area contributed by atoms with Gasteiger partial charge in [0.1, 0.15) is 0 Å². The van der Waals surface area contributed by atoms with Crippen molar-refractivity contribution < 1.29 is 9.90 Å². The van der Waals surface area contributed by atoms with Crippen LogP contribution >= 0.6 is 11.6 Å². The summed E-state index contributed by atoms with van der Waals surface area (Å²) in [6.07, 6.45) is 1.11. The molecule has 1 rings (SSSR count). The molecule has 0 aromatic heterocycles. The molecule has 0 aliphatic rings. The van der Waals surface area contributed by atoms with Crippen molar-refractivity contribution in [3.8, 4) is 0 Å². The molecule has 1 aromatic rings. The maximum absolute atomic E-state index is 11.4. The molecule has 0 heterocycles. The molecule has 0 spiro atoms. The number of urea groups is 1. The van der Waals surface area contributed by atoms with Gasteiger partial charge in [0, 0.05) is 18.1 Å². The minimum atomic E-state index is -0.480. The zero-order valence-corrected chi connectivity index (χ0v) is 11.2. The van der Waals surface area contributed by atoms with E-state index in [2.05, 4.69) is 10.6 Å². The van der Waals surface area contributed by atoms with Gasteiger partial charge in [-0.25, -0.2) is 4.79 Å². The molecule has 1 aromatic carbocycles. The predicted molar refractivity (Wildman–Crippen MR) is 72.6 cm³/mol. The van der Waals surface area contributed by atoms with Crippen LogP contribution in [0.5, 0.6) is 0 Å². The molecule has 100 valence electrons. The van der Waals surface area contributed by atoms with Crippen LogP contribution in [0.2, 0.25) is 5.02 Å². The van der Waals surface area contributed by atoms with Gasteiger partial charge in [0.2, 0.25) is 0 Å². The molecule has 0 saturated heterocycles. The zero-order chi connectivity index (χ0) is 13.4. The molecule has 0 saturated carbocycles. The van der Waals surface area contributed by atoms with Crippen LogP contribution in [0.3, 0.4) is 0 Å². The van der Waals surface area contributed by atoms with Crippen LogP contribution in [0.15, 0.2) is 24.3 Å². The first-order valence-electron chi connectivity index (χ1n) is 6.06. The van der Waals surface area contributed by atoms with E-state index in [-0.39, 0.29) is 12.6 Å². The van der Waals surface area contributed by atoms with Crippen LogP contribution in [0.25, 0.3) is 0 Å². The van der Waals surface area contributed by atoms with Crippen molar-refractivity contribution in [3.05, 3.63) is 34.9 Å². The standard InChI is InChI=1S/C13H19ClN2O2/c1-2-4-12(17)9-16-13(18)15-8-10-5-3-6-11(14)7-10/h3,5-7,12,17H,2,4,8-9H2,1H3,(H2,15,16,18). The summed E-state index contributed by atoms with van der Waals surface area (Å²) >= 11 is 5.84. The molecule has 5 heteroatoms. The minimum absolute atomic E-state index is 0.273. The van der Waals surface area contributed by atoms with E-state index in [1.807, 2.05) is 19.1 Å². The number of halogens is 1. The Morgan fingerprint density at radius 3 is 2.89 bits per heavy atom. The molecule has 1 unspecified atom stereocenters. The Labute approximate surface area is 112 Å². The Balaban J connectivity index is 2.25. The van der Waals surface area contributed by atoms with Gasteiger partial charge >= 0.3 is 6.03 Å². The number of benzene rings is 1. The molecule has 0 aliphatic carbocycles. The number of aliphatic hydroxyl groups is 1. The molecule has 0 fully saturated rings. The number of aliphatic hydroxyl groups excluding tert-OH is 1. The van der Waals surface area contributed by atoms with Crippen LogP contribution in [-0.2, 0) is 6.54 Å². The van der Waals surface area contributed by atoms with Crippen molar-refractivity contribution in [2.75, 3.05) is 6.54 Å². The Morgan fingerprint density at radius 2 is 2.22 bits per heavy atom. The minimum Gasteiger partial charge on any atom is -0.391 e. The van der Waals surface area contributed by atoms with Crippen LogP contribution in [0.4, 0.5) is 4.79 Å². The maximum atomic E-state index is 11.4. The highest BCUT2D eigenvalue weighted by molar-refractivity contribution is 6.30. The predicted octanol–water partition coefficient (Wildman–Crippen LogP) is 2.30. The summed E-state index contributed by atoms with van der Waals surface area (Å²) in [6.45, 7) is 2.67. The molecular formula is C13H19ClN2O2. The lowest BCUT2D eigenvalue weighted by Crippen LogP contribution is -2.39. The number of nitrogens with one attached hydrogen (secondary N) is 2. The SMILES string of the molecule is CCCC(O)CNC(=O)NCc1cccc(Cl)c1. The van der Waals surface area contributed by atoms with Gasteiger partial charge in [0.05, 0.1) is 6.10 Å². The Bertz CT molecular complexity index is 385. The second kappa shape index (κ2) is 7.95. The zero-order valence-electron chi connectivity index (χ0n) is 10.4. The number of rotatable bonds is 6. The first-order chi connectivity index (χ1) is 8.61. The maximum Gasteiger partial charge on any atom is 0.315 e. The average molecular weight is 271 g/mol. The molecule has 3 N–H and O–H groups in total. The lowest BCUT2D eigenvalue weighted by atomic mass is 10.2. The summed E-state index contributed by atoms with van der Waals surface area (Å²) in [4.78, 5) is 11.4. The number of hydrogen-bond donors (Lipinski definition) is 3. The summed E-state index contributed by atoms with van der Waals surface area (Å²) in [5.74, 6) is 0. The number of amides is 2. The first kappa shape index (κ1) is 14.8. The second-order valence-corrected chi connectivity index (χ2v) is 4.57. The number of carbonyl (C=O) groups excluding carboxylic acids is 1. The van der Waals surface area contributed by atoms with E-state index >= 15 is 0 Å². The van der Waals surface area contributed by atoms with Crippen molar-refractivity contribution in [1.82, 2.24) is 10.6 Å². The third-order valence-corrected chi connectivity index (χ3v) is 2.70. The normalized spacial score (nSPS) is 11.9. The first-order valence-corrected chi connectivity index (χ1v) is 6.43. The lowest BCUT2D eigenvalue weighted by molar-refractivity contribution is 0.160. The summed E-state index contributed by atoms with van der Waals surface area (Å²) in [5.41, 5.74) is 0.937. The monoisotopic (exact) mass is 270 g/mol. The molecule has 1 atom stereocenters. The molecule has 4 nitrogen and oxygen atoms in total. The number of hydrogen-bond acceptors (Lipinski definition) is 2. The van der Waals surface area contributed by atoms with E-state index in [0.717, 1.165) is 12.0 Å². The van der Waals surface area contributed by atoms with Gasteiger partial charge in [-0.15, -0.1) is 0 Å². The van der Waals surface area contributed by atoms with Crippen LogP contribution < -0.4 is 10.6 Å². The molecule has 0 radical (unpaired) electrons. The fraction of sp³-hybridized carbons (Fsp3) is 0.462.